The molecule has 3 nitrogen and oxygen atoms in total. The normalized spacial score (nSPS) is 10.4. The van der Waals surface area contributed by atoms with Crippen LogP contribution in [0.4, 0.5) is 0 Å². The van der Waals surface area contributed by atoms with Crippen LogP contribution >= 0.6 is 12.6 Å². The van der Waals surface area contributed by atoms with Gasteiger partial charge in [-0.2, -0.15) is 12.6 Å². The molecule has 0 fully saturated rings. The number of ether oxygens (including phenoxy) is 2. The van der Waals surface area contributed by atoms with Crippen molar-refractivity contribution >= 4 is 23.4 Å². The molecule has 0 aliphatic carbocycles. The van der Waals surface area contributed by atoms with E-state index >= 15 is 0 Å². The predicted molar refractivity (Wildman–Crippen MR) is 67.5 cm³/mol. The van der Waals surface area contributed by atoms with Gasteiger partial charge < -0.3 is 9.47 Å². The van der Waals surface area contributed by atoms with E-state index < -0.39 is 0 Å². The molecule has 1 aromatic heterocycles. The van der Waals surface area contributed by atoms with Gasteiger partial charge in [0.15, 0.2) is 11.5 Å². The van der Waals surface area contributed by atoms with Crippen LogP contribution < -0.4 is 9.47 Å². The van der Waals surface area contributed by atoms with E-state index in [2.05, 4.69) is 17.6 Å². The lowest BCUT2D eigenvalue weighted by atomic mass is 10.1. The number of thiol groups is 1. The fraction of sp³-hybridized carbons (Fsp3) is 0.250. The van der Waals surface area contributed by atoms with Crippen molar-refractivity contribution < 1.29 is 9.47 Å². The van der Waals surface area contributed by atoms with Crippen molar-refractivity contribution in [2.75, 3.05) is 14.2 Å². The van der Waals surface area contributed by atoms with Crippen molar-refractivity contribution in [3.8, 4) is 11.5 Å². The van der Waals surface area contributed by atoms with Crippen molar-refractivity contribution in [1.82, 2.24) is 4.98 Å². The minimum atomic E-state index is 0.604. The SMILES string of the molecule is COc1cc2ccnc(CS)c2cc1OC. The van der Waals surface area contributed by atoms with Gasteiger partial charge in [-0.25, -0.2) is 0 Å². The van der Waals surface area contributed by atoms with Crippen molar-refractivity contribution in [3.05, 3.63) is 30.1 Å². The van der Waals surface area contributed by atoms with Crippen LogP contribution in [0.1, 0.15) is 5.69 Å². The van der Waals surface area contributed by atoms with E-state index in [-0.39, 0.29) is 0 Å². The second-order valence-corrected chi connectivity index (χ2v) is 3.66. The number of pyridine rings is 1. The molecule has 0 aliphatic rings. The molecule has 0 bridgehead atoms. The Bertz CT molecular complexity index is 514. The highest BCUT2D eigenvalue weighted by Crippen LogP contribution is 2.33. The Balaban J connectivity index is 2.72. The molecule has 0 radical (unpaired) electrons. The molecule has 1 aromatic carbocycles. The standard InChI is InChI=1S/C12H13NO2S/c1-14-11-5-8-3-4-13-10(7-16)9(8)6-12(11)15-2/h3-6,16H,7H2,1-2H3. The first-order valence-electron chi connectivity index (χ1n) is 4.90. The maximum absolute atomic E-state index is 5.27. The van der Waals surface area contributed by atoms with Crippen LogP contribution in [-0.4, -0.2) is 19.2 Å². The molecule has 1 heterocycles. The number of fused-ring (bicyclic) bond motifs is 1. The van der Waals surface area contributed by atoms with Crippen LogP contribution in [0, 0.1) is 0 Å². The van der Waals surface area contributed by atoms with Crippen LogP contribution in [0.15, 0.2) is 24.4 Å². The third-order valence-electron chi connectivity index (χ3n) is 2.50. The third-order valence-corrected chi connectivity index (χ3v) is 2.80. The second-order valence-electron chi connectivity index (χ2n) is 3.34. The average Bonchev–Trinajstić information content (AvgIpc) is 2.36. The van der Waals surface area contributed by atoms with Crippen LogP contribution in [-0.2, 0) is 5.75 Å². The minimum absolute atomic E-state index is 0.604. The number of benzene rings is 1. The van der Waals surface area contributed by atoms with E-state index in [4.69, 9.17) is 9.47 Å². The molecule has 0 atom stereocenters. The zero-order chi connectivity index (χ0) is 11.5. The van der Waals surface area contributed by atoms with E-state index in [9.17, 15) is 0 Å². The maximum atomic E-state index is 5.27. The molecule has 0 spiro atoms. The molecule has 0 saturated heterocycles. The van der Waals surface area contributed by atoms with E-state index in [1.54, 1.807) is 20.4 Å². The van der Waals surface area contributed by atoms with Crippen LogP contribution in [0.2, 0.25) is 0 Å². The monoisotopic (exact) mass is 235 g/mol. The Kier molecular flexibility index (Phi) is 3.19. The molecule has 2 aromatic rings. The second kappa shape index (κ2) is 4.61. The van der Waals surface area contributed by atoms with Crippen LogP contribution in [0.5, 0.6) is 11.5 Å². The van der Waals surface area contributed by atoms with Gasteiger partial charge in [0.1, 0.15) is 0 Å². The molecule has 0 aliphatic heterocycles. The summed E-state index contributed by atoms with van der Waals surface area (Å²) in [5, 5.41) is 2.13. The van der Waals surface area contributed by atoms with Crippen LogP contribution in [0.25, 0.3) is 10.8 Å². The fourth-order valence-corrected chi connectivity index (χ4v) is 1.94. The van der Waals surface area contributed by atoms with Crippen LogP contribution in [0.3, 0.4) is 0 Å². The summed E-state index contributed by atoms with van der Waals surface area (Å²) in [6, 6.07) is 5.83. The Hall–Kier alpha value is -1.42. The van der Waals surface area contributed by atoms with Gasteiger partial charge in [0.25, 0.3) is 0 Å². The van der Waals surface area contributed by atoms with Gasteiger partial charge in [-0.15, -0.1) is 0 Å². The van der Waals surface area contributed by atoms with Gasteiger partial charge in [-0.1, -0.05) is 0 Å². The lowest BCUT2D eigenvalue weighted by Gasteiger charge is -2.10. The summed E-state index contributed by atoms with van der Waals surface area (Å²) in [4.78, 5) is 4.28. The quantitative estimate of drug-likeness (QED) is 0.830. The molecule has 4 heteroatoms. The van der Waals surface area contributed by atoms with Gasteiger partial charge in [-0.3, -0.25) is 4.98 Å². The van der Waals surface area contributed by atoms with E-state index in [1.807, 2.05) is 18.2 Å². The number of methoxy groups -OCH3 is 2. The first-order valence-corrected chi connectivity index (χ1v) is 5.54. The summed E-state index contributed by atoms with van der Waals surface area (Å²) in [6.07, 6.45) is 1.78. The Morgan fingerprint density at radius 1 is 1.19 bits per heavy atom. The molecule has 0 saturated carbocycles. The molecule has 0 N–H and O–H groups in total. The van der Waals surface area contributed by atoms with Gasteiger partial charge in [0.2, 0.25) is 0 Å². The molecule has 0 amide bonds. The summed E-state index contributed by atoms with van der Waals surface area (Å²) >= 11 is 4.26. The van der Waals surface area contributed by atoms with Crippen molar-refractivity contribution in [1.29, 1.82) is 0 Å². The Morgan fingerprint density at radius 3 is 2.50 bits per heavy atom. The highest BCUT2D eigenvalue weighted by atomic mass is 32.1. The largest absolute Gasteiger partial charge is 0.493 e. The lowest BCUT2D eigenvalue weighted by molar-refractivity contribution is 0.356. The summed E-state index contributed by atoms with van der Waals surface area (Å²) in [5.74, 6) is 2.05. The number of hydrogen-bond acceptors (Lipinski definition) is 4. The minimum Gasteiger partial charge on any atom is -0.493 e. The van der Waals surface area contributed by atoms with E-state index in [0.29, 0.717) is 11.5 Å². The Labute approximate surface area is 99.8 Å². The first kappa shape index (κ1) is 11.1. The Morgan fingerprint density at radius 2 is 1.88 bits per heavy atom. The summed E-state index contributed by atoms with van der Waals surface area (Å²) in [6.45, 7) is 0. The zero-order valence-corrected chi connectivity index (χ0v) is 10.1. The molecular weight excluding hydrogens is 222 g/mol. The third kappa shape index (κ3) is 1.80. The topological polar surface area (TPSA) is 31.4 Å². The van der Waals surface area contributed by atoms with Crippen molar-refractivity contribution in [2.24, 2.45) is 0 Å². The average molecular weight is 235 g/mol. The zero-order valence-electron chi connectivity index (χ0n) is 9.23. The molecular formula is C12H13NO2S. The fourth-order valence-electron chi connectivity index (χ4n) is 1.69. The van der Waals surface area contributed by atoms with E-state index in [1.165, 1.54) is 0 Å². The van der Waals surface area contributed by atoms with Gasteiger partial charge >= 0.3 is 0 Å². The first-order chi connectivity index (χ1) is 7.80. The van der Waals surface area contributed by atoms with Gasteiger partial charge in [0, 0.05) is 17.3 Å². The summed E-state index contributed by atoms with van der Waals surface area (Å²) in [5.41, 5.74) is 0.946. The number of rotatable bonds is 3. The van der Waals surface area contributed by atoms with Gasteiger partial charge in [0.05, 0.1) is 19.9 Å². The maximum Gasteiger partial charge on any atom is 0.161 e. The summed E-state index contributed by atoms with van der Waals surface area (Å²) < 4.78 is 10.5. The molecule has 16 heavy (non-hydrogen) atoms. The number of hydrogen-bond donors (Lipinski definition) is 1. The molecule has 0 unspecified atom stereocenters. The smallest absolute Gasteiger partial charge is 0.161 e. The van der Waals surface area contributed by atoms with Crippen molar-refractivity contribution in [3.63, 3.8) is 0 Å². The highest BCUT2D eigenvalue weighted by molar-refractivity contribution is 7.79. The van der Waals surface area contributed by atoms with Gasteiger partial charge in [-0.05, 0) is 23.6 Å². The highest BCUT2D eigenvalue weighted by Gasteiger charge is 2.08. The molecule has 84 valence electrons. The number of nitrogens with zero attached hydrogens (tertiary/aromatic N) is 1. The lowest BCUT2D eigenvalue weighted by Crippen LogP contribution is -1.93. The van der Waals surface area contributed by atoms with E-state index in [0.717, 1.165) is 22.2 Å². The summed E-state index contributed by atoms with van der Waals surface area (Å²) in [7, 11) is 3.25. The molecule has 2 rings (SSSR count). The number of aromatic nitrogens is 1. The predicted octanol–water partition coefficient (Wildman–Crippen LogP) is 2.68. The van der Waals surface area contributed by atoms with Crippen molar-refractivity contribution in [2.45, 2.75) is 5.75 Å².